The van der Waals surface area contributed by atoms with Crippen molar-refractivity contribution in [1.82, 2.24) is 0 Å². The summed E-state index contributed by atoms with van der Waals surface area (Å²) in [7, 11) is 0. The van der Waals surface area contributed by atoms with Crippen LogP contribution >= 0.6 is 0 Å². The molecule has 0 saturated carbocycles. The first kappa shape index (κ1) is 14.6. The van der Waals surface area contributed by atoms with Gasteiger partial charge >= 0.3 is 0 Å². The molecule has 2 amide bonds. The topological polar surface area (TPSA) is 71.3 Å². The summed E-state index contributed by atoms with van der Waals surface area (Å²) in [5.74, 6) is -0.263. The van der Waals surface area contributed by atoms with Crippen LogP contribution in [0.2, 0.25) is 0 Å². The van der Waals surface area contributed by atoms with Crippen LogP contribution in [0.5, 0.6) is 0 Å². The van der Waals surface area contributed by atoms with Crippen LogP contribution < -0.4 is 10.6 Å². The average Bonchev–Trinajstić information content (AvgIpc) is 3.12. The van der Waals surface area contributed by atoms with E-state index in [2.05, 4.69) is 10.6 Å². The Labute approximate surface area is 132 Å². The summed E-state index contributed by atoms with van der Waals surface area (Å²) in [5.41, 5.74) is 1.85. The zero-order valence-electron chi connectivity index (χ0n) is 12.2. The van der Waals surface area contributed by atoms with Gasteiger partial charge in [0.1, 0.15) is 0 Å². The lowest BCUT2D eigenvalue weighted by atomic mass is 10.2. The molecule has 3 aromatic rings. The van der Waals surface area contributed by atoms with Gasteiger partial charge in [-0.15, -0.1) is 0 Å². The van der Waals surface area contributed by atoms with Crippen LogP contribution in [0, 0.1) is 0 Å². The number of amides is 2. The van der Waals surface area contributed by atoms with Gasteiger partial charge in [0.2, 0.25) is 0 Å². The lowest BCUT2D eigenvalue weighted by Gasteiger charge is -2.07. The highest BCUT2D eigenvalue weighted by Gasteiger charge is 2.09. The van der Waals surface area contributed by atoms with E-state index in [1.807, 2.05) is 18.2 Å². The number of carbonyl (C=O) groups is 2. The number of benzene rings is 2. The van der Waals surface area contributed by atoms with Gasteiger partial charge in [0, 0.05) is 16.9 Å². The average molecular weight is 306 g/mol. The van der Waals surface area contributed by atoms with E-state index in [1.54, 1.807) is 48.5 Å². The Kier molecular flexibility index (Phi) is 4.20. The predicted octanol–water partition coefficient (Wildman–Crippen LogP) is 3.78. The Morgan fingerprint density at radius 3 is 1.87 bits per heavy atom. The first-order valence-electron chi connectivity index (χ1n) is 7.04. The molecule has 5 nitrogen and oxygen atoms in total. The minimum absolute atomic E-state index is 0.182. The minimum atomic E-state index is -0.323. The lowest BCUT2D eigenvalue weighted by Crippen LogP contribution is -2.12. The molecule has 5 heteroatoms. The monoisotopic (exact) mass is 306 g/mol. The molecular formula is C18H14N2O3. The quantitative estimate of drug-likeness (QED) is 0.770. The SMILES string of the molecule is O=C(Nc1ccc(NC(=O)c2ccco2)cc1)c1ccccc1. The van der Waals surface area contributed by atoms with Crippen molar-refractivity contribution in [3.8, 4) is 0 Å². The van der Waals surface area contributed by atoms with Crippen LogP contribution in [0.25, 0.3) is 0 Å². The molecule has 0 fully saturated rings. The van der Waals surface area contributed by atoms with Crippen molar-refractivity contribution in [2.24, 2.45) is 0 Å². The van der Waals surface area contributed by atoms with E-state index >= 15 is 0 Å². The highest BCUT2D eigenvalue weighted by Crippen LogP contribution is 2.15. The van der Waals surface area contributed by atoms with Crippen LogP contribution in [-0.4, -0.2) is 11.8 Å². The van der Waals surface area contributed by atoms with Crippen LogP contribution in [0.1, 0.15) is 20.9 Å². The van der Waals surface area contributed by atoms with E-state index in [4.69, 9.17) is 4.42 Å². The van der Waals surface area contributed by atoms with E-state index in [9.17, 15) is 9.59 Å². The molecule has 0 aliphatic rings. The van der Waals surface area contributed by atoms with Gasteiger partial charge < -0.3 is 15.1 Å². The molecule has 0 aliphatic carbocycles. The second-order valence-corrected chi connectivity index (χ2v) is 4.83. The third kappa shape index (κ3) is 3.65. The summed E-state index contributed by atoms with van der Waals surface area (Å²) in [6, 6.07) is 19.1. The molecule has 114 valence electrons. The Morgan fingerprint density at radius 1 is 0.696 bits per heavy atom. The number of anilines is 2. The number of hydrogen-bond donors (Lipinski definition) is 2. The fraction of sp³-hybridized carbons (Fsp3) is 0. The van der Waals surface area contributed by atoms with Gasteiger partial charge in [0.05, 0.1) is 6.26 Å². The predicted molar refractivity (Wildman–Crippen MR) is 87.5 cm³/mol. The molecular weight excluding hydrogens is 292 g/mol. The van der Waals surface area contributed by atoms with Gasteiger partial charge in [-0.25, -0.2) is 0 Å². The van der Waals surface area contributed by atoms with Crippen molar-refractivity contribution < 1.29 is 14.0 Å². The van der Waals surface area contributed by atoms with E-state index in [-0.39, 0.29) is 17.6 Å². The summed E-state index contributed by atoms with van der Waals surface area (Å²) >= 11 is 0. The van der Waals surface area contributed by atoms with E-state index < -0.39 is 0 Å². The summed E-state index contributed by atoms with van der Waals surface area (Å²) in [5, 5.41) is 5.51. The third-order valence-corrected chi connectivity index (χ3v) is 3.18. The van der Waals surface area contributed by atoms with Gasteiger partial charge in [-0.2, -0.15) is 0 Å². The fourth-order valence-electron chi connectivity index (χ4n) is 2.03. The molecule has 23 heavy (non-hydrogen) atoms. The van der Waals surface area contributed by atoms with Crippen LogP contribution in [-0.2, 0) is 0 Å². The summed E-state index contributed by atoms with van der Waals surface area (Å²) in [6.07, 6.45) is 1.44. The Hall–Kier alpha value is -3.34. The van der Waals surface area contributed by atoms with Crippen molar-refractivity contribution in [2.45, 2.75) is 0 Å². The highest BCUT2D eigenvalue weighted by molar-refractivity contribution is 6.05. The summed E-state index contributed by atoms with van der Waals surface area (Å²) in [4.78, 5) is 23.9. The van der Waals surface area contributed by atoms with Crippen LogP contribution in [0.3, 0.4) is 0 Å². The Bertz CT molecular complexity index is 794. The van der Waals surface area contributed by atoms with Crippen LogP contribution in [0.4, 0.5) is 11.4 Å². The summed E-state index contributed by atoms with van der Waals surface area (Å²) in [6.45, 7) is 0. The molecule has 2 N–H and O–H groups in total. The largest absolute Gasteiger partial charge is 0.459 e. The number of rotatable bonds is 4. The zero-order valence-corrected chi connectivity index (χ0v) is 12.2. The first-order chi connectivity index (χ1) is 11.2. The first-order valence-corrected chi connectivity index (χ1v) is 7.04. The highest BCUT2D eigenvalue weighted by atomic mass is 16.3. The number of hydrogen-bond acceptors (Lipinski definition) is 3. The zero-order chi connectivity index (χ0) is 16.1. The molecule has 0 radical (unpaired) electrons. The smallest absolute Gasteiger partial charge is 0.291 e. The Morgan fingerprint density at radius 2 is 1.30 bits per heavy atom. The van der Waals surface area contributed by atoms with Gasteiger partial charge in [0.25, 0.3) is 11.8 Å². The maximum atomic E-state index is 12.0. The van der Waals surface area contributed by atoms with Crippen molar-refractivity contribution >= 4 is 23.2 Å². The van der Waals surface area contributed by atoms with Crippen molar-refractivity contribution in [2.75, 3.05) is 10.6 Å². The third-order valence-electron chi connectivity index (χ3n) is 3.18. The number of carbonyl (C=O) groups excluding carboxylic acids is 2. The second kappa shape index (κ2) is 6.62. The molecule has 2 aromatic carbocycles. The van der Waals surface area contributed by atoms with Crippen molar-refractivity contribution in [3.63, 3.8) is 0 Å². The summed E-state index contributed by atoms with van der Waals surface area (Å²) < 4.78 is 5.02. The maximum Gasteiger partial charge on any atom is 0.291 e. The fourth-order valence-corrected chi connectivity index (χ4v) is 2.03. The van der Waals surface area contributed by atoms with E-state index in [0.717, 1.165) is 0 Å². The molecule has 3 rings (SSSR count). The molecule has 1 heterocycles. The number of furan rings is 1. The maximum absolute atomic E-state index is 12.0. The molecule has 0 atom stereocenters. The molecule has 0 bridgehead atoms. The van der Waals surface area contributed by atoms with E-state index in [0.29, 0.717) is 16.9 Å². The minimum Gasteiger partial charge on any atom is -0.459 e. The number of nitrogens with one attached hydrogen (secondary N) is 2. The van der Waals surface area contributed by atoms with Gasteiger partial charge in [-0.05, 0) is 48.5 Å². The van der Waals surface area contributed by atoms with Gasteiger partial charge in [0.15, 0.2) is 5.76 Å². The molecule has 1 aromatic heterocycles. The standard InChI is InChI=1S/C18H14N2O3/c21-17(13-5-2-1-3-6-13)19-14-8-10-15(11-9-14)20-18(22)16-7-4-12-23-16/h1-12H,(H,19,21)(H,20,22). The molecule has 0 aliphatic heterocycles. The van der Waals surface area contributed by atoms with Crippen LogP contribution in [0.15, 0.2) is 77.4 Å². The van der Waals surface area contributed by atoms with Crippen molar-refractivity contribution in [3.05, 3.63) is 84.3 Å². The van der Waals surface area contributed by atoms with E-state index in [1.165, 1.54) is 6.26 Å². The van der Waals surface area contributed by atoms with Gasteiger partial charge in [-0.3, -0.25) is 9.59 Å². The molecule has 0 spiro atoms. The van der Waals surface area contributed by atoms with Gasteiger partial charge in [-0.1, -0.05) is 18.2 Å². The Balaban J connectivity index is 1.63. The normalized spacial score (nSPS) is 10.1. The second-order valence-electron chi connectivity index (χ2n) is 4.83. The molecule has 0 unspecified atom stereocenters. The van der Waals surface area contributed by atoms with Crippen molar-refractivity contribution in [1.29, 1.82) is 0 Å². The molecule has 0 saturated heterocycles. The lowest BCUT2D eigenvalue weighted by molar-refractivity contribution is 0.0994.